The van der Waals surface area contributed by atoms with Gasteiger partial charge in [0, 0.05) is 12.1 Å². The third-order valence-corrected chi connectivity index (χ3v) is 4.36. The highest BCUT2D eigenvalue weighted by atomic mass is 19.4. The van der Waals surface area contributed by atoms with E-state index in [1.165, 1.54) is 0 Å². The molecule has 0 aromatic carbocycles. The molecule has 0 aromatic heterocycles. The van der Waals surface area contributed by atoms with Crippen molar-refractivity contribution in [2.24, 2.45) is 0 Å². The summed E-state index contributed by atoms with van der Waals surface area (Å²) in [6.45, 7) is 1.66. The second kappa shape index (κ2) is 8.44. The number of alkyl halides is 6. The number of hydrogen-bond acceptors (Lipinski definition) is 4. The topological polar surface area (TPSA) is 76.7 Å². The lowest BCUT2D eigenvalue weighted by Gasteiger charge is -2.37. The lowest BCUT2D eigenvalue weighted by molar-refractivity contribution is -0.262. The summed E-state index contributed by atoms with van der Waals surface area (Å²) >= 11 is 0. The number of halogens is 6. The van der Waals surface area contributed by atoms with Crippen LogP contribution in [-0.4, -0.2) is 60.7 Å². The monoisotopic (exact) mass is 422 g/mol. The predicted octanol–water partition coefficient (Wildman–Crippen LogP) is 2.46. The van der Waals surface area contributed by atoms with Gasteiger partial charge in [-0.05, 0) is 40.5 Å². The Kier molecular flexibility index (Phi) is 7.38. The molecule has 1 rings (SSSR count). The fourth-order valence-corrected chi connectivity index (χ4v) is 2.05. The molecular formula is C16H24F6N2O4. The zero-order valence-electron chi connectivity index (χ0n) is 15.9. The van der Waals surface area contributed by atoms with E-state index in [9.17, 15) is 35.9 Å². The molecule has 0 atom stereocenters. The van der Waals surface area contributed by atoms with Gasteiger partial charge in [0.15, 0.2) is 11.2 Å². The van der Waals surface area contributed by atoms with Crippen LogP contribution in [0.3, 0.4) is 0 Å². The van der Waals surface area contributed by atoms with Crippen LogP contribution in [0.2, 0.25) is 0 Å². The highest BCUT2D eigenvalue weighted by Crippen LogP contribution is 2.33. The first-order valence-electron chi connectivity index (χ1n) is 8.45. The summed E-state index contributed by atoms with van der Waals surface area (Å²) in [6.07, 6.45) is -8.66. The van der Waals surface area contributed by atoms with Gasteiger partial charge in [0.25, 0.3) is 0 Å². The van der Waals surface area contributed by atoms with Crippen LogP contribution in [0.1, 0.15) is 40.5 Å². The third kappa shape index (κ3) is 6.80. The summed E-state index contributed by atoms with van der Waals surface area (Å²) in [5.41, 5.74) is -4.94. The van der Waals surface area contributed by atoms with E-state index in [0.717, 1.165) is 27.7 Å². The van der Waals surface area contributed by atoms with Gasteiger partial charge in [-0.3, -0.25) is 9.59 Å². The number of ether oxygens (including phenoxy) is 2. The van der Waals surface area contributed by atoms with Crippen molar-refractivity contribution in [2.45, 2.75) is 76.2 Å². The SMILES string of the molecule is CC(C)(OCC(=O)NC1CC(NC(=O)COC(C)(C)C(F)(F)F)C1)C(F)(F)F. The molecule has 0 saturated heterocycles. The van der Waals surface area contributed by atoms with E-state index >= 15 is 0 Å². The second-order valence-corrected chi connectivity index (χ2v) is 7.59. The summed E-state index contributed by atoms with van der Waals surface area (Å²) < 4.78 is 85.0. The molecule has 2 N–H and O–H groups in total. The average Bonchev–Trinajstić information content (AvgIpc) is 2.46. The molecule has 28 heavy (non-hydrogen) atoms. The molecule has 0 aromatic rings. The quantitative estimate of drug-likeness (QED) is 0.590. The summed E-state index contributed by atoms with van der Waals surface area (Å²) in [7, 11) is 0. The Bertz CT molecular complexity index is 520. The molecule has 0 aliphatic heterocycles. The first kappa shape index (κ1) is 24.5. The molecule has 0 spiro atoms. The first-order valence-corrected chi connectivity index (χ1v) is 8.45. The zero-order chi connectivity index (χ0) is 22.0. The normalized spacial score (nSPS) is 21.1. The Labute approximate surface area is 158 Å². The van der Waals surface area contributed by atoms with Crippen molar-refractivity contribution in [1.82, 2.24) is 10.6 Å². The fourth-order valence-electron chi connectivity index (χ4n) is 2.05. The van der Waals surface area contributed by atoms with E-state index in [1.54, 1.807) is 0 Å². The van der Waals surface area contributed by atoms with Crippen LogP contribution >= 0.6 is 0 Å². The van der Waals surface area contributed by atoms with E-state index in [-0.39, 0.29) is 12.1 Å². The van der Waals surface area contributed by atoms with Crippen LogP contribution in [-0.2, 0) is 19.1 Å². The van der Waals surface area contributed by atoms with Crippen LogP contribution in [0.15, 0.2) is 0 Å². The van der Waals surface area contributed by atoms with Crippen molar-refractivity contribution in [3.05, 3.63) is 0 Å². The maximum absolute atomic E-state index is 12.6. The van der Waals surface area contributed by atoms with Crippen molar-refractivity contribution >= 4 is 11.8 Å². The van der Waals surface area contributed by atoms with Gasteiger partial charge in [0.05, 0.1) is 0 Å². The Morgan fingerprint density at radius 1 is 0.750 bits per heavy atom. The van der Waals surface area contributed by atoms with E-state index in [1.807, 2.05) is 0 Å². The molecule has 0 unspecified atom stereocenters. The van der Waals surface area contributed by atoms with Crippen LogP contribution in [0.5, 0.6) is 0 Å². The van der Waals surface area contributed by atoms with Crippen LogP contribution in [0.25, 0.3) is 0 Å². The molecule has 1 aliphatic carbocycles. The summed E-state index contributed by atoms with van der Waals surface area (Å²) in [6, 6.07) is -0.745. The lowest BCUT2D eigenvalue weighted by atomic mass is 9.86. The molecule has 0 bridgehead atoms. The maximum atomic E-state index is 12.6. The average molecular weight is 422 g/mol. The number of rotatable bonds is 8. The number of carbonyl (C=O) groups excluding carboxylic acids is 2. The van der Waals surface area contributed by atoms with Gasteiger partial charge < -0.3 is 20.1 Å². The molecule has 12 heteroatoms. The van der Waals surface area contributed by atoms with Crippen molar-refractivity contribution in [3.8, 4) is 0 Å². The van der Waals surface area contributed by atoms with Crippen LogP contribution in [0.4, 0.5) is 26.3 Å². The van der Waals surface area contributed by atoms with Gasteiger partial charge in [-0.1, -0.05) is 0 Å². The van der Waals surface area contributed by atoms with E-state index in [4.69, 9.17) is 0 Å². The predicted molar refractivity (Wildman–Crippen MR) is 85.3 cm³/mol. The molecule has 0 heterocycles. The van der Waals surface area contributed by atoms with Crippen molar-refractivity contribution in [2.75, 3.05) is 13.2 Å². The van der Waals surface area contributed by atoms with Gasteiger partial charge in [-0.2, -0.15) is 26.3 Å². The summed E-state index contributed by atoms with van der Waals surface area (Å²) in [5, 5.41) is 4.91. The van der Waals surface area contributed by atoms with Gasteiger partial charge in [-0.15, -0.1) is 0 Å². The van der Waals surface area contributed by atoms with E-state index in [0.29, 0.717) is 12.8 Å². The molecule has 1 fully saturated rings. The molecule has 6 nitrogen and oxygen atoms in total. The second-order valence-electron chi connectivity index (χ2n) is 7.59. The van der Waals surface area contributed by atoms with Crippen LogP contribution in [0, 0.1) is 0 Å². The smallest absolute Gasteiger partial charge is 0.356 e. The largest absolute Gasteiger partial charge is 0.416 e. The van der Waals surface area contributed by atoms with E-state index < -0.39 is 48.6 Å². The van der Waals surface area contributed by atoms with E-state index in [2.05, 4.69) is 20.1 Å². The highest BCUT2D eigenvalue weighted by Gasteiger charge is 2.49. The number of hydrogen-bond donors (Lipinski definition) is 2. The molecular weight excluding hydrogens is 398 g/mol. The zero-order valence-corrected chi connectivity index (χ0v) is 15.9. The minimum absolute atomic E-state index is 0.294. The molecule has 1 aliphatic rings. The minimum Gasteiger partial charge on any atom is -0.356 e. The van der Waals surface area contributed by atoms with Crippen LogP contribution < -0.4 is 10.6 Å². The Morgan fingerprint density at radius 2 is 1.04 bits per heavy atom. The van der Waals surface area contributed by atoms with Crippen molar-refractivity contribution in [3.63, 3.8) is 0 Å². The Hall–Kier alpha value is -1.56. The van der Waals surface area contributed by atoms with Gasteiger partial charge in [0.2, 0.25) is 11.8 Å². The van der Waals surface area contributed by atoms with Gasteiger partial charge in [-0.25, -0.2) is 0 Å². The Morgan fingerprint density at radius 3 is 1.29 bits per heavy atom. The minimum atomic E-state index is -4.62. The molecule has 0 radical (unpaired) electrons. The fraction of sp³-hybridized carbons (Fsp3) is 0.875. The molecule has 164 valence electrons. The number of amides is 2. The highest BCUT2D eigenvalue weighted by molar-refractivity contribution is 5.78. The number of nitrogens with one attached hydrogen (secondary N) is 2. The standard InChI is InChI=1S/C16H24F6N2O4/c1-13(2,15(17,18)19)27-7-11(25)23-9-5-10(6-9)24-12(26)8-28-14(3,4)16(20,21)22/h9-10H,5-8H2,1-4H3,(H,23,25)(H,24,26). The summed E-state index contributed by atoms with van der Waals surface area (Å²) in [5.74, 6) is -1.47. The van der Waals surface area contributed by atoms with Gasteiger partial charge in [0.1, 0.15) is 13.2 Å². The Balaban J connectivity index is 2.27. The third-order valence-electron chi connectivity index (χ3n) is 4.36. The number of carbonyl (C=O) groups is 2. The maximum Gasteiger partial charge on any atom is 0.416 e. The van der Waals surface area contributed by atoms with Gasteiger partial charge >= 0.3 is 12.4 Å². The molecule has 2 amide bonds. The lowest BCUT2D eigenvalue weighted by Crippen LogP contribution is -2.55. The van der Waals surface area contributed by atoms with Crippen molar-refractivity contribution in [1.29, 1.82) is 0 Å². The molecule has 1 saturated carbocycles. The van der Waals surface area contributed by atoms with Crippen molar-refractivity contribution < 1.29 is 45.4 Å². The first-order chi connectivity index (χ1) is 12.4. The summed E-state index contributed by atoms with van der Waals surface area (Å²) in [4.78, 5) is 23.3.